The number of sulfonamides is 1. The summed E-state index contributed by atoms with van der Waals surface area (Å²) in [4.78, 5) is 12.4. The maximum absolute atomic E-state index is 12.4. The molecule has 1 unspecified atom stereocenters. The number of nitrogens with zero attached hydrogens (tertiary/aromatic N) is 2. The molecule has 0 aliphatic carbocycles. The van der Waals surface area contributed by atoms with E-state index in [9.17, 15) is 13.2 Å². The van der Waals surface area contributed by atoms with Crippen LogP contribution in [0.1, 0.15) is 24.8 Å². The van der Waals surface area contributed by atoms with Gasteiger partial charge in [0, 0.05) is 18.9 Å². The van der Waals surface area contributed by atoms with Gasteiger partial charge in [0.2, 0.25) is 15.9 Å². The molecule has 8 heteroatoms. The molecule has 0 radical (unpaired) electrons. The van der Waals surface area contributed by atoms with Gasteiger partial charge in [-0.05, 0) is 30.2 Å². The Bertz CT molecular complexity index is 1020. The highest BCUT2D eigenvalue weighted by atomic mass is 32.2. The first-order valence-corrected chi connectivity index (χ1v) is 10.4. The van der Waals surface area contributed by atoms with Crippen LogP contribution in [0, 0.1) is 0 Å². The summed E-state index contributed by atoms with van der Waals surface area (Å²) in [6.07, 6.45) is 3.97. The molecule has 0 fully saturated rings. The first-order chi connectivity index (χ1) is 13.0. The van der Waals surface area contributed by atoms with E-state index in [1.54, 1.807) is 35.1 Å². The minimum atomic E-state index is -3.57. The van der Waals surface area contributed by atoms with Gasteiger partial charge in [0.25, 0.3) is 0 Å². The number of pyridine rings is 1. The van der Waals surface area contributed by atoms with Crippen LogP contribution in [-0.4, -0.2) is 36.2 Å². The largest absolute Gasteiger partial charge is 0.354 e. The summed E-state index contributed by atoms with van der Waals surface area (Å²) < 4.78 is 28.7. The van der Waals surface area contributed by atoms with Crippen LogP contribution in [-0.2, 0) is 14.8 Å². The summed E-state index contributed by atoms with van der Waals surface area (Å²) in [7, 11) is -3.57. The molecule has 0 saturated carbocycles. The van der Waals surface area contributed by atoms with Crippen LogP contribution in [0.2, 0.25) is 0 Å². The Morgan fingerprint density at radius 1 is 1.19 bits per heavy atom. The molecule has 3 rings (SSSR count). The van der Waals surface area contributed by atoms with E-state index in [0.717, 1.165) is 11.1 Å². The molecular formula is C19H22N4O3S. The summed E-state index contributed by atoms with van der Waals surface area (Å²) in [6, 6.07) is 14.6. The smallest absolute Gasteiger partial charge is 0.234 e. The molecule has 2 N–H and O–H groups in total. The van der Waals surface area contributed by atoms with Gasteiger partial charge >= 0.3 is 0 Å². The topological polar surface area (TPSA) is 92.6 Å². The van der Waals surface area contributed by atoms with Gasteiger partial charge in [0.1, 0.15) is 0 Å². The number of carbonyl (C=O) groups excluding carboxylic acids is 1. The molecule has 0 saturated heterocycles. The molecule has 1 atom stereocenters. The number of nitrogens with one attached hydrogen (secondary N) is 2. The van der Waals surface area contributed by atoms with Crippen LogP contribution in [0.5, 0.6) is 0 Å². The maximum atomic E-state index is 12.4. The van der Waals surface area contributed by atoms with Crippen molar-refractivity contribution in [1.82, 2.24) is 14.9 Å². The van der Waals surface area contributed by atoms with Gasteiger partial charge in [0.15, 0.2) is 0 Å². The first kappa shape index (κ1) is 18.9. The Balaban J connectivity index is 1.56. The van der Waals surface area contributed by atoms with E-state index >= 15 is 0 Å². The van der Waals surface area contributed by atoms with Gasteiger partial charge in [0.05, 0.1) is 22.9 Å². The lowest BCUT2D eigenvalue weighted by Crippen LogP contribution is -2.34. The third-order valence-corrected chi connectivity index (χ3v) is 5.56. The highest BCUT2D eigenvalue weighted by Crippen LogP contribution is 2.19. The van der Waals surface area contributed by atoms with E-state index < -0.39 is 10.0 Å². The molecule has 3 aromatic rings. The molecule has 0 spiro atoms. The van der Waals surface area contributed by atoms with E-state index in [1.807, 2.05) is 37.3 Å². The van der Waals surface area contributed by atoms with Crippen molar-refractivity contribution >= 4 is 27.1 Å². The van der Waals surface area contributed by atoms with Gasteiger partial charge in [-0.3, -0.25) is 9.52 Å². The minimum absolute atomic E-state index is 0.0480. The second-order valence-corrected chi connectivity index (χ2v) is 8.04. The van der Waals surface area contributed by atoms with Gasteiger partial charge in [-0.25, -0.2) is 12.9 Å². The van der Waals surface area contributed by atoms with Gasteiger partial charge in [-0.1, -0.05) is 37.3 Å². The number of anilines is 1. The number of aromatic nitrogens is 2. The van der Waals surface area contributed by atoms with E-state index in [1.165, 1.54) is 0 Å². The fraction of sp³-hybridized carbons (Fsp3) is 0.263. The van der Waals surface area contributed by atoms with E-state index in [0.29, 0.717) is 12.1 Å². The van der Waals surface area contributed by atoms with Crippen LogP contribution in [0.3, 0.4) is 0 Å². The molecule has 2 heterocycles. The third kappa shape index (κ3) is 4.85. The summed E-state index contributed by atoms with van der Waals surface area (Å²) in [6.45, 7) is 1.98. The Morgan fingerprint density at radius 2 is 1.96 bits per heavy atom. The van der Waals surface area contributed by atoms with Crippen molar-refractivity contribution in [3.05, 3.63) is 66.5 Å². The zero-order chi connectivity index (χ0) is 19.3. The molecular weight excluding hydrogens is 364 g/mol. The van der Waals surface area contributed by atoms with E-state index in [2.05, 4.69) is 15.1 Å². The van der Waals surface area contributed by atoms with Crippen LogP contribution in [0.15, 0.2) is 60.9 Å². The lowest BCUT2D eigenvalue weighted by molar-refractivity contribution is -0.122. The molecule has 0 aliphatic rings. The summed E-state index contributed by atoms with van der Waals surface area (Å²) in [5.74, 6) is -0.653. The average Bonchev–Trinajstić information content (AvgIpc) is 3.10. The predicted octanol–water partition coefficient (Wildman–Crippen LogP) is 2.39. The number of hydrogen-bond donors (Lipinski definition) is 2. The molecule has 2 aromatic heterocycles. The van der Waals surface area contributed by atoms with Crippen molar-refractivity contribution in [3.8, 4) is 0 Å². The molecule has 0 bridgehead atoms. The van der Waals surface area contributed by atoms with Crippen molar-refractivity contribution in [1.29, 1.82) is 0 Å². The maximum Gasteiger partial charge on any atom is 0.234 e. The van der Waals surface area contributed by atoms with Crippen LogP contribution in [0.4, 0.5) is 5.69 Å². The second kappa shape index (κ2) is 8.22. The summed E-state index contributed by atoms with van der Waals surface area (Å²) in [5, 5.41) is 6.79. The molecule has 1 amide bonds. The van der Waals surface area contributed by atoms with E-state index in [4.69, 9.17) is 0 Å². The SMILES string of the molecule is CCC(C(=O)NCCS(=O)(=O)Nc1ccn2nccc2c1)c1ccccc1. The number of hydrogen-bond acceptors (Lipinski definition) is 4. The fourth-order valence-electron chi connectivity index (χ4n) is 2.91. The van der Waals surface area contributed by atoms with Gasteiger partial charge < -0.3 is 5.32 Å². The Kier molecular flexibility index (Phi) is 5.75. The summed E-state index contributed by atoms with van der Waals surface area (Å²) >= 11 is 0. The highest BCUT2D eigenvalue weighted by molar-refractivity contribution is 7.92. The molecule has 1 aromatic carbocycles. The normalized spacial score (nSPS) is 12.6. The average molecular weight is 386 g/mol. The number of benzene rings is 1. The summed E-state index contributed by atoms with van der Waals surface area (Å²) in [5.41, 5.74) is 2.18. The Morgan fingerprint density at radius 3 is 2.70 bits per heavy atom. The number of rotatable bonds is 8. The Labute approximate surface area is 158 Å². The van der Waals surface area contributed by atoms with Crippen LogP contribution >= 0.6 is 0 Å². The highest BCUT2D eigenvalue weighted by Gasteiger charge is 2.19. The van der Waals surface area contributed by atoms with Gasteiger partial charge in [-0.15, -0.1) is 0 Å². The van der Waals surface area contributed by atoms with Crippen molar-refractivity contribution in [3.63, 3.8) is 0 Å². The minimum Gasteiger partial charge on any atom is -0.354 e. The lowest BCUT2D eigenvalue weighted by atomic mass is 9.96. The van der Waals surface area contributed by atoms with Crippen LogP contribution in [0.25, 0.3) is 5.52 Å². The van der Waals surface area contributed by atoms with Crippen LogP contribution < -0.4 is 10.0 Å². The predicted molar refractivity (Wildman–Crippen MR) is 105 cm³/mol. The van der Waals surface area contributed by atoms with Gasteiger partial charge in [-0.2, -0.15) is 5.10 Å². The molecule has 0 aliphatic heterocycles. The van der Waals surface area contributed by atoms with E-state index in [-0.39, 0.29) is 24.1 Å². The zero-order valence-corrected chi connectivity index (χ0v) is 15.8. The Hall–Kier alpha value is -2.87. The zero-order valence-electron chi connectivity index (χ0n) is 15.0. The standard InChI is InChI=1S/C19H22N4O3S/c1-2-18(15-6-4-3-5-7-15)19(24)20-11-13-27(25,26)22-16-9-12-23-17(14-16)8-10-21-23/h3-10,12,14,18,22H,2,11,13H2,1H3,(H,20,24). The van der Waals surface area contributed by atoms with Crippen molar-refractivity contribution in [2.75, 3.05) is 17.0 Å². The quantitative estimate of drug-likeness (QED) is 0.622. The monoisotopic (exact) mass is 386 g/mol. The van der Waals surface area contributed by atoms with Crippen molar-refractivity contribution in [2.45, 2.75) is 19.3 Å². The third-order valence-electron chi connectivity index (χ3n) is 4.27. The lowest BCUT2D eigenvalue weighted by Gasteiger charge is -2.15. The van der Waals surface area contributed by atoms with Crippen molar-refractivity contribution in [2.24, 2.45) is 0 Å². The number of amides is 1. The number of carbonyl (C=O) groups is 1. The van der Waals surface area contributed by atoms with Crippen molar-refractivity contribution < 1.29 is 13.2 Å². The number of fused-ring (bicyclic) bond motifs is 1. The first-order valence-electron chi connectivity index (χ1n) is 8.75. The molecule has 27 heavy (non-hydrogen) atoms. The second-order valence-electron chi connectivity index (χ2n) is 6.20. The molecule has 7 nitrogen and oxygen atoms in total. The fourth-order valence-corrected chi connectivity index (χ4v) is 3.86. The molecule has 142 valence electrons.